The fourth-order valence-corrected chi connectivity index (χ4v) is 3.49. The molecule has 0 saturated heterocycles. The number of nitrogens with one attached hydrogen (secondary N) is 1. The fourth-order valence-electron chi connectivity index (χ4n) is 2.69. The van der Waals surface area contributed by atoms with Crippen molar-refractivity contribution in [3.63, 3.8) is 0 Å². The maximum Gasteiger partial charge on any atom is 0.306 e. The Morgan fingerprint density at radius 3 is 3.05 bits per heavy atom. The molecular formula is C15H24N2O2S. The summed E-state index contributed by atoms with van der Waals surface area (Å²) in [5.41, 5.74) is 1.32. The summed E-state index contributed by atoms with van der Waals surface area (Å²) < 4.78 is 4.93. The topological polar surface area (TPSA) is 51.2 Å². The summed E-state index contributed by atoms with van der Waals surface area (Å²) in [6.45, 7) is 6.89. The predicted molar refractivity (Wildman–Crippen MR) is 82.1 cm³/mol. The third kappa shape index (κ3) is 3.95. The van der Waals surface area contributed by atoms with E-state index in [1.54, 1.807) is 11.3 Å². The summed E-state index contributed by atoms with van der Waals surface area (Å²) in [6, 6.07) is 0.506. The SMILES string of the molecule is CCOC(=O)CCc1csc(NC2CCCC2(C)C)n1. The van der Waals surface area contributed by atoms with Gasteiger partial charge in [0.05, 0.1) is 18.7 Å². The van der Waals surface area contributed by atoms with Crippen LogP contribution in [-0.2, 0) is 16.0 Å². The molecule has 1 fully saturated rings. The number of ether oxygens (including phenoxy) is 1. The Kier molecular flexibility index (Phi) is 5.02. The van der Waals surface area contributed by atoms with Gasteiger partial charge in [0, 0.05) is 17.8 Å². The minimum Gasteiger partial charge on any atom is -0.466 e. The van der Waals surface area contributed by atoms with Gasteiger partial charge >= 0.3 is 5.97 Å². The normalized spacial score (nSPS) is 20.9. The molecule has 2 rings (SSSR count). The quantitative estimate of drug-likeness (QED) is 0.814. The molecule has 1 aliphatic rings. The Labute approximate surface area is 124 Å². The number of hydrogen-bond acceptors (Lipinski definition) is 5. The zero-order valence-corrected chi connectivity index (χ0v) is 13.4. The van der Waals surface area contributed by atoms with Crippen LogP contribution in [0.15, 0.2) is 5.38 Å². The van der Waals surface area contributed by atoms with E-state index in [1.807, 2.05) is 12.3 Å². The first-order valence-electron chi connectivity index (χ1n) is 7.38. The molecule has 1 atom stereocenters. The summed E-state index contributed by atoms with van der Waals surface area (Å²) in [5, 5.41) is 6.56. The van der Waals surface area contributed by atoms with Crippen LogP contribution in [0.2, 0.25) is 0 Å². The van der Waals surface area contributed by atoms with Crippen molar-refractivity contribution in [1.82, 2.24) is 4.98 Å². The van der Waals surface area contributed by atoms with Crippen LogP contribution >= 0.6 is 11.3 Å². The average molecular weight is 296 g/mol. The monoisotopic (exact) mass is 296 g/mol. The first-order chi connectivity index (χ1) is 9.51. The van der Waals surface area contributed by atoms with E-state index in [2.05, 4.69) is 24.1 Å². The number of aryl methyl sites for hydroxylation is 1. The van der Waals surface area contributed by atoms with Gasteiger partial charge in [-0.05, 0) is 25.2 Å². The summed E-state index contributed by atoms with van der Waals surface area (Å²) >= 11 is 1.63. The molecule has 0 spiro atoms. The number of hydrogen-bond donors (Lipinski definition) is 1. The predicted octanol–water partition coefficient (Wildman–Crippen LogP) is 3.63. The third-order valence-electron chi connectivity index (χ3n) is 4.00. The smallest absolute Gasteiger partial charge is 0.306 e. The molecule has 1 saturated carbocycles. The molecule has 1 N–H and O–H groups in total. The Morgan fingerprint density at radius 2 is 2.40 bits per heavy atom. The van der Waals surface area contributed by atoms with Crippen LogP contribution in [0.1, 0.15) is 52.1 Å². The van der Waals surface area contributed by atoms with Gasteiger partial charge in [-0.15, -0.1) is 11.3 Å². The molecule has 1 unspecified atom stereocenters. The highest BCUT2D eigenvalue weighted by Gasteiger charge is 2.34. The number of anilines is 1. The molecule has 0 radical (unpaired) electrons. The van der Waals surface area contributed by atoms with E-state index in [0.717, 1.165) is 10.8 Å². The van der Waals surface area contributed by atoms with E-state index in [4.69, 9.17) is 4.74 Å². The highest BCUT2D eigenvalue weighted by atomic mass is 32.1. The minimum atomic E-state index is -0.146. The number of thiazole rings is 1. The van der Waals surface area contributed by atoms with Gasteiger partial charge in [-0.2, -0.15) is 0 Å². The standard InChI is InChI=1S/C15H24N2O2S/c1-4-19-13(18)8-7-11-10-20-14(16-11)17-12-6-5-9-15(12,2)3/h10,12H,4-9H2,1-3H3,(H,16,17). The molecule has 1 aromatic rings. The minimum absolute atomic E-state index is 0.146. The number of esters is 1. The van der Waals surface area contributed by atoms with Crippen LogP contribution in [0.3, 0.4) is 0 Å². The van der Waals surface area contributed by atoms with E-state index in [9.17, 15) is 4.79 Å². The Balaban J connectivity index is 1.84. The number of nitrogens with zero attached hydrogens (tertiary/aromatic N) is 1. The maximum absolute atomic E-state index is 11.3. The molecule has 4 nitrogen and oxygen atoms in total. The Bertz CT molecular complexity index is 456. The molecule has 1 heterocycles. The molecular weight excluding hydrogens is 272 g/mol. The van der Waals surface area contributed by atoms with Gasteiger partial charge in [-0.25, -0.2) is 4.98 Å². The number of carbonyl (C=O) groups excluding carboxylic acids is 1. The molecule has 1 aliphatic carbocycles. The van der Waals surface area contributed by atoms with Crippen LogP contribution < -0.4 is 5.32 Å². The van der Waals surface area contributed by atoms with Crippen molar-refractivity contribution < 1.29 is 9.53 Å². The van der Waals surface area contributed by atoms with Crippen LogP contribution in [0.5, 0.6) is 0 Å². The number of carbonyl (C=O) groups is 1. The zero-order chi connectivity index (χ0) is 14.6. The van der Waals surface area contributed by atoms with E-state index in [-0.39, 0.29) is 5.97 Å². The van der Waals surface area contributed by atoms with Gasteiger partial charge in [0.15, 0.2) is 5.13 Å². The third-order valence-corrected chi connectivity index (χ3v) is 4.82. The summed E-state index contributed by atoms with van der Waals surface area (Å²) in [5.74, 6) is -0.146. The molecule has 112 valence electrons. The summed E-state index contributed by atoms with van der Waals surface area (Å²) in [6.07, 6.45) is 4.83. The second-order valence-electron chi connectivity index (χ2n) is 6.03. The second-order valence-corrected chi connectivity index (χ2v) is 6.88. The van der Waals surface area contributed by atoms with Crippen LogP contribution in [0.4, 0.5) is 5.13 Å². The summed E-state index contributed by atoms with van der Waals surface area (Å²) in [4.78, 5) is 15.9. The lowest BCUT2D eigenvalue weighted by Gasteiger charge is -2.27. The molecule has 5 heteroatoms. The van der Waals surface area contributed by atoms with Crippen LogP contribution in [-0.4, -0.2) is 23.6 Å². The van der Waals surface area contributed by atoms with E-state index in [0.29, 0.717) is 30.9 Å². The fraction of sp³-hybridized carbons (Fsp3) is 0.733. The van der Waals surface area contributed by atoms with E-state index < -0.39 is 0 Å². The van der Waals surface area contributed by atoms with Gasteiger partial charge in [0.25, 0.3) is 0 Å². The van der Waals surface area contributed by atoms with Gasteiger partial charge < -0.3 is 10.1 Å². The van der Waals surface area contributed by atoms with E-state index in [1.165, 1.54) is 19.3 Å². The highest BCUT2D eigenvalue weighted by Crippen LogP contribution is 2.39. The zero-order valence-electron chi connectivity index (χ0n) is 12.6. The lowest BCUT2D eigenvalue weighted by atomic mass is 9.87. The van der Waals surface area contributed by atoms with Crippen LogP contribution in [0.25, 0.3) is 0 Å². The Hall–Kier alpha value is -1.10. The molecule has 20 heavy (non-hydrogen) atoms. The van der Waals surface area contributed by atoms with Gasteiger partial charge in [-0.3, -0.25) is 4.79 Å². The average Bonchev–Trinajstić information content (AvgIpc) is 2.95. The van der Waals surface area contributed by atoms with Gasteiger partial charge in [-0.1, -0.05) is 20.3 Å². The van der Waals surface area contributed by atoms with Crippen LogP contribution in [0, 0.1) is 5.41 Å². The molecule has 1 aromatic heterocycles. The Morgan fingerprint density at radius 1 is 1.60 bits per heavy atom. The highest BCUT2D eigenvalue weighted by molar-refractivity contribution is 7.13. The molecule has 0 aliphatic heterocycles. The summed E-state index contributed by atoms with van der Waals surface area (Å²) in [7, 11) is 0. The maximum atomic E-state index is 11.3. The van der Waals surface area contributed by atoms with Crippen molar-refractivity contribution in [3.8, 4) is 0 Å². The molecule has 0 aromatic carbocycles. The van der Waals surface area contributed by atoms with Crippen molar-refractivity contribution in [2.45, 2.75) is 58.9 Å². The van der Waals surface area contributed by atoms with Crippen molar-refractivity contribution in [3.05, 3.63) is 11.1 Å². The lowest BCUT2D eigenvalue weighted by molar-refractivity contribution is -0.143. The number of aromatic nitrogens is 1. The van der Waals surface area contributed by atoms with Crippen molar-refractivity contribution in [2.24, 2.45) is 5.41 Å². The van der Waals surface area contributed by atoms with Gasteiger partial charge in [0.2, 0.25) is 0 Å². The van der Waals surface area contributed by atoms with Crippen molar-refractivity contribution >= 4 is 22.4 Å². The van der Waals surface area contributed by atoms with Gasteiger partial charge in [0.1, 0.15) is 0 Å². The first kappa shape index (κ1) is 15.3. The van der Waals surface area contributed by atoms with E-state index >= 15 is 0 Å². The number of rotatable bonds is 6. The van der Waals surface area contributed by atoms with Crippen molar-refractivity contribution in [1.29, 1.82) is 0 Å². The lowest BCUT2D eigenvalue weighted by Crippen LogP contribution is -2.30. The van der Waals surface area contributed by atoms with Crippen molar-refractivity contribution in [2.75, 3.05) is 11.9 Å². The molecule has 0 bridgehead atoms. The first-order valence-corrected chi connectivity index (χ1v) is 8.26. The molecule has 0 amide bonds. The second kappa shape index (κ2) is 6.57. The largest absolute Gasteiger partial charge is 0.466 e.